The molecule has 0 radical (unpaired) electrons. The van der Waals surface area contributed by atoms with E-state index in [2.05, 4.69) is 42.9 Å². The molecular weight excluding hydrogens is 455 g/mol. The number of guanidine groups is 1. The molecule has 1 aliphatic carbocycles. The Labute approximate surface area is 181 Å². The molecular formula is C20H37IN4O2. The maximum atomic E-state index is 5.77. The second-order valence-electron chi connectivity index (χ2n) is 6.89. The van der Waals surface area contributed by atoms with E-state index in [-0.39, 0.29) is 30.0 Å². The minimum Gasteiger partial charge on any atom is -0.468 e. The summed E-state index contributed by atoms with van der Waals surface area (Å²) < 4.78 is 11.4. The average molecular weight is 492 g/mol. The number of hydrogen-bond acceptors (Lipinski definition) is 4. The summed E-state index contributed by atoms with van der Waals surface area (Å²) in [4.78, 5) is 9.42. The maximum absolute atomic E-state index is 5.77. The normalized spacial score (nSPS) is 15.5. The molecule has 1 atom stereocenters. The highest BCUT2D eigenvalue weighted by atomic mass is 127. The van der Waals surface area contributed by atoms with Crippen LogP contribution in [-0.4, -0.2) is 68.7 Å². The van der Waals surface area contributed by atoms with Gasteiger partial charge >= 0.3 is 0 Å². The molecule has 27 heavy (non-hydrogen) atoms. The molecule has 0 saturated heterocycles. The summed E-state index contributed by atoms with van der Waals surface area (Å²) in [7, 11) is 2.07. The third kappa shape index (κ3) is 8.39. The van der Waals surface area contributed by atoms with Crippen LogP contribution in [0.5, 0.6) is 0 Å². The molecule has 0 bridgehead atoms. The molecule has 0 aliphatic heterocycles. The van der Waals surface area contributed by atoms with Gasteiger partial charge in [0.1, 0.15) is 5.76 Å². The van der Waals surface area contributed by atoms with Crippen LogP contribution in [0.25, 0.3) is 0 Å². The van der Waals surface area contributed by atoms with Crippen LogP contribution in [0.4, 0.5) is 0 Å². The number of hydrogen-bond donors (Lipinski definition) is 1. The van der Waals surface area contributed by atoms with E-state index in [1.807, 2.05) is 12.1 Å². The number of aliphatic imine (C=N–C) groups is 1. The number of nitrogens with one attached hydrogen (secondary N) is 1. The number of ether oxygens (including phenoxy) is 1. The van der Waals surface area contributed by atoms with Gasteiger partial charge in [-0.1, -0.05) is 13.8 Å². The molecule has 1 aliphatic rings. The highest BCUT2D eigenvalue weighted by molar-refractivity contribution is 14.0. The van der Waals surface area contributed by atoms with Crippen molar-refractivity contribution in [3.63, 3.8) is 0 Å². The summed E-state index contributed by atoms with van der Waals surface area (Å²) in [6, 6.07) is 4.15. The number of likely N-dealkylation sites (N-methyl/N-ethyl adjacent to an activating group) is 2. The van der Waals surface area contributed by atoms with Crippen LogP contribution in [0.2, 0.25) is 0 Å². The zero-order valence-electron chi connectivity index (χ0n) is 17.3. The zero-order chi connectivity index (χ0) is 18.8. The lowest BCUT2D eigenvalue weighted by atomic mass is 10.2. The lowest BCUT2D eigenvalue weighted by Crippen LogP contribution is -2.41. The van der Waals surface area contributed by atoms with Crippen molar-refractivity contribution in [3.05, 3.63) is 24.2 Å². The molecule has 1 aromatic heterocycles. The Balaban J connectivity index is 0.00000364. The van der Waals surface area contributed by atoms with Gasteiger partial charge < -0.3 is 19.4 Å². The van der Waals surface area contributed by atoms with Crippen molar-refractivity contribution in [2.75, 3.05) is 53.0 Å². The van der Waals surface area contributed by atoms with Crippen LogP contribution in [0.3, 0.4) is 0 Å². The fraction of sp³-hybridized carbons (Fsp3) is 0.750. The molecule has 1 saturated carbocycles. The standard InChI is InChI=1S/C20H36N4O2.HI/c1-5-21-20(23(4)12-14-25-16-17-10-11-17)22-15-18(24(6-2)7-3)19-9-8-13-26-19;/h8-9,13,17-18H,5-7,10-12,14-16H2,1-4H3,(H,21,22);1H. The molecule has 7 heteroatoms. The van der Waals surface area contributed by atoms with E-state index < -0.39 is 0 Å². The maximum Gasteiger partial charge on any atom is 0.193 e. The van der Waals surface area contributed by atoms with Crippen LogP contribution in [0.15, 0.2) is 27.8 Å². The fourth-order valence-electron chi connectivity index (χ4n) is 3.02. The highest BCUT2D eigenvalue weighted by Gasteiger charge is 2.22. The first-order chi connectivity index (χ1) is 12.7. The summed E-state index contributed by atoms with van der Waals surface area (Å²) >= 11 is 0. The van der Waals surface area contributed by atoms with Gasteiger partial charge in [-0.2, -0.15) is 0 Å². The Morgan fingerprint density at radius 1 is 1.33 bits per heavy atom. The van der Waals surface area contributed by atoms with Crippen molar-refractivity contribution in [1.29, 1.82) is 0 Å². The van der Waals surface area contributed by atoms with E-state index >= 15 is 0 Å². The minimum atomic E-state index is 0. The molecule has 156 valence electrons. The zero-order valence-corrected chi connectivity index (χ0v) is 19.6. The Morgan fingerprint density at radius 2 is 2.07 bits per heavy atom. The van der Waals surface area contributed by atoms with Crippen molar-refractivity contribution in [2.24, 2.45) is 10.9 Å². The number of rotatable bonds is 12. The van der Waals surface area contributed by atoms with Crippen LogP contribution in [-0.2, 0) is 4.74 Å². The average Bonchev–Trinajstić information content (AvgIpc) is 3.32. The smallest absolute Gasteiger partial charge is 0.193 e. The monoisotopic (exact) mass is 492 g/mol. The van der Waals surface area contributed by atoms with Crippen LogP contribution in [0, 0.1) is 5.92 Å². The van der Waals surface area contributed by atoms with Crippen LogP contribution in [0.1, 0.15) is 45.4 Å². The van der Waals surface area contributed by atoms with Gasteiger partial charge in [0.2, 0.25) is 0 Å². The summed E-state index contributed by atoms with van der Waals surface area (Å²) in [5.41, 5.74) is 0. The van der Waals surface area contributed by atoms with Crippen molar-refractivity contribution in [3.8, 4) is 0 Å². The summed E-state index contributed by atoms with van der Waals surface area (Å²) in [5.74, 6) is 2.71. The molecule has 2 rings (SSSR count). The van der Waals surface area contributed by atoms with E-state index in [1.54, 1.807) is 6.26 Å². The van der Waals surface area contributed by atoms with Gasteiger partial charge in [-0.25, -0.2) is 0 Å². The van der Waals surface area contributed by atoms with Gasteiger partial charge in [0, 0.05) is 26.7 Å². The fourth-order valence-corrected chi connectivity index (χ4v) is 3.02. The first-order valence-corrected chi connectivity index (χ1v) is 10.0. The predicted octanol–water partition coefficient (Wildman–Crippen LogP) is 3.60. The third-order valence-corrected chi connectivity index (χ3v) is 4.86. The van der Waals surface area contributed by atoms with E-state index in [1.165, 1.54) is 12.8 Å². The Kier molecular flexibility index (Phi) is 12.0. The Bertz CT molecular complexity index is 516. The highest BCUT2D eigenvalue weighted by Crippen LogP contribution is 2.28. The second kappa shape index (κ2) is 13.4. The molecule has 1 aromatic rings. The summed E-state index contributed by atoms with van der Waals surface area (Å²) in [5, 5.41) is 3.39. The SMILES string of the molecule is CCNC(=NCC(c1ccco1)N(CC)CC)N(C)CCOCC1CC1.I. The summed E-state index contributed by atoms with van der Waals surface area (Å²) in [6.45, 7) is 12.4. The Hall–Kier alpha value is -0.800. The van der Waals surface area contributed by atoms with Gasteiger partial charge in [0.15, 0.2) is 5.96 Å². The van der Waals surface area contributed by atoms with Gasteiger partial charge in [-0.05, 0) is 50.9 Å². The molecule has 0 spiro atoms. The van der Waals surface area contributed by atoms with Crippen molar-refractivity contribution in [2.45, 2.75) is 39.7 Å². The van der Waals surface area contributed by atoms with E-state index in [0.29, 0.717) is 6.54 Å². The molecule has 1 fully saturated rings. The van der Waals surface area contributed by atoms with E-state index in [9.17, 15) is 0 Å². The summed E-state index contributed by atoms with van der Waals surface area (Å²) in [6.07, 6.45) is 4.41. The largest absolute Gasteiger partial charge is 0.468 e. The van der Waals surface area contributed by atoms with Crippen molar-refractivity contribution in [1.82, 2.24) is 15.1 Å². The van der Waals surface area contributed by atoms with Gasteiger partial charge in [0.25, 0.3) is 0 Å². The van der Waals surface area contributed by atoms with Crippen LogP contribution >= 0.6 is 24.0 Å². The Morgan fingerprint density at radius 3 is 2.63 bits per heavy atom. The van der Waals surface area contributed by atoms with E-state index in [0.717, 1.165) is 57.0 Å². The first kappa shape index (κ1) is 24.2. The van der Waals surface area contributed by atoms with Crippen LogP contribution < -0.4 is 5.32 Å². The molecule has 1 N–H and O–H groups in total. The minimum absolute atomic E-state index is 0. The molecule has 0 amide bonds. The second-order valence-corrected chi connectivity index (χ2v) is 6.89. The van der Waals surface area contributed by atoms with Gasteiger partial charge in [-0.3, -0.25) is 9.89 Å². The molecule has 1 unspecified atom stereocenters. The van der Waals surface area contributed by atoms with Crippen molar-refractivity contribution >= 4 is 29.9 Å². The topological polar surface area (TPSA) is 53.2 Å². The third-order valence-electron chi connectivity index (χ3n) is 4.86. The number of halogens is 1. The van der Waals surface area contributed by atoms with Crippen molar-refractivity contribution < 1.29 is 9.15 Å². The van der Waals surface area contributed by atoms with Gasteiger partial charge in [0.05, 0.1) is 25.5 Å². The lowest BCUT2D eigenvalue weighted by molar-refractivity contribution is 0.115. The number of nitrogens with zero attached hydrogens (tertiary/aromatic N) is 3. The number of furan rings is 1. The molecule has 0 aromatic carbocycles. The lowest BCUT2D eigenvalue weighted by Gasteiger charge is -2.28. The van der Waals surface area contributed by atoms with Gasteiger partial charge in [-0.15, -0.1) is 24.0 Å². The van der Waals surface area contributed by atoms with E-state index in [4.69, 9.17) is 14.1 Å². The molecule has 6 nitrogen and oxygen atoms in total. The molecule has 1 heterocycles. The quantitative estimate of drug-likeness (QED) is 0.209. The predicted molar refractivity (Wildman–Crippen MR) is 122 cm³/mol. The first-order valence-electron chi connectivity index (χ1n) is 10.0.